The maximum absolute atomic E-state index is 14.8. The number of para-hydroxylation sites is 1. The predicted molar refractivity (Wildman–Crippen MR) is 160 cm³/mol. The molecule has 1 saturated heterocycles. The number of rotatable bonds is 7. The molecule has 44 heavy (non-hydrogen) atoms. The molecule has 1 atom stereocenters. The number of oxazole rings is 1. The van der Waals surface area contributed by atoms with E-state index in [1.54, 1.807) is 43.6 Å². The first-order chi connectivity index (χ1) is 21.3. The van der Waals surface area contributed by atoms with Crippen LogP contribution in [-0.2, 0) is 23.6 Å². The van der Waals surface area contributed by atoms with Gasteiger partial charge in [-0.25, -0.2) is 19.2 Å². The van der Waals surface area contributed by atoms with E-state index in [1.165, 1.54) is 13.2 Å². The lowest BCUT2D eigenvalue weighted by molar-refractivity contribution is -0.0712. The maximum atomic E-state index is 14.8. The Kier molecular flexibility index (Phi) is 7.26. The number of benzene rings is 3. The fourth-order valence-electron chi connectivity index (χ4n) is 6.22. The van der Waals surface area contributed by atoms with Crippen molar-refractivity contribution in [3.05, 3.63) is 106 Å². The van der Waals surface area contributed by atoms with Crippen LogP contribution in [0.2, 0.25) is 5.02 Å². The molecule has 3 aromatic carbocycles. The van der Waals surface area contributed by atoms with E-state index in [1.807, 2.05) is 22.8 Å². The summed E-state index contributed by atoms with van der Waals surface area (Å²) in [5.74, 6) is 0.762. The van der Waals surface area contributed by atoms with E-state index in [4.69, 9.17) is 35.2 Å². The third-order valence-corrected chi connectivity index (χ3v) is 8.68. The van der Waals surface area contributed by atoms with Crippen molar-refractivity contribution in [2.45, 2.75) is 44.6 Å². The number of carbonyl (C=O) groups is 1. The fourth-order valence-corrected chi connectivity index (χ4v) is 6.38. The molecule has 1 unspecified atom stereocenters. The summed E-state index contributed by atoms with van der Waals surface area (Å²) < 4.78 is 39.9. The Bertz CT molecular complexity index is 1850. The third-order valence-electron chi connectivity index (χ3n) is 8.45. The van der Waals surface area contributed by atoms with Crippen molar-refractivity contribution in [3.8, 4) is 11.5 Å². The second-order valence-electron chi connectivity index (χ2n) is 11.2. The van der Waals surface area contributed by atoms with Gasteiger partial charge in [-0.15, -0.1) is 0 Å². The molecule has 2 aliphatic rings. The van der Waals surface area contributed by atoms with Gasteiger partial charge in [-0.2, -0.15) is 0 Å². The van der Waals surface area contributed by atoms with Gasteiger partial charge in [-0.3, -0.25) is 4.90 Å². The van der Waals surface area contributed by atoms with Crippen LogP contribution < -0.4 is 9.47 Å². The molecule has 0 amide bonds. The zero-order chi connectivity index (χ0) is 30.4. The Morgan fingerprint density at radius 2 is 1.95 bits per heavy atom. The van der Waals surface area contributed by atoms with Gasteiger partial charge in [0.1, 0.15) is 24.4 Å². The van der Waals surface area contributed by atoms with Crippen LogP contribution in [0.4, 0.5) is 4.39 Å². The summed E-state index contributed by atoms with van der Waals surface area (Å²) in [6, 6.07) is 15.8. The molecule has 0 N–H and O–H groups in total. The van der Waals surface area contributed by atoms with Gasteiger partial charge in [0, 0.05) is 17.5 Å². The lowest BCUT2D eigenvalue weighted by atomic mass is 9.88. The summed E-state index contributed by atoms with van der Waals surface area (Å²) in [7, 11) is 1.37. The van der Waals surface area contributed by atoms with E-state index in [9.17, 15) is 9.18 Å². The highest BCUT2D eigenvalue weighted by molar-refractivity contribution is 6.30. The molecule has 9 nitrogen and oxygen atoms in total. The topological polar surface area (TPSA) is 91.8 Å². The van der Waals surface area contributed by atoms with Crippen LogP contribution in [0, 0.1) is 5.82 Å². The normalized spacial score (nSPS) is 18.6. The van der Waals surface area contributed by atoms with Gasteiger partial charge in [0.25, 0.3) is 5.79 Å². The van der Waals surface area contributed by atoms with Gasteiger partial charge >= 0.3 is 5.97 Å². The number of nitrogens with zero attached hydrogens (tertiary/aromatic N) is 4. The van der Waals surface area contributed by atoms with Crippen molar-refractivity contribution in [2.75, 3.05) is 20.2 Å². The molecular weight excluding hydrogens is 587 g/mol. The number of fused-ring (bicyclic) bond motifs is 2. The summed E-state index contributed by atoms with van der Waals surface area (Å²) >= 11 is 5.98. The quantitative estimate of drug-likeness (QED) is 0.187. The van der Waals surface area contributed by atoms with E-state index >= 15 is 0 Å². The minimum atomic E-state index is -1.29. The van der Waals surface area contributed by atoms with Crippen molar-refractivity contribution >= 4 is 28.6 Å². The molecule has 0 aliphatic carbocycles. The average molecular weight is 617 g/mol. The first-order valence-electron chi connectivity index (χ1n) is 14.5. The van der Waals surface area contributed by atoms with E-state index in [2.05, 4.69) is 16.0 Å². The smallest absolute Gasteiger partial charge is 0.337 e. The van der Waals surface area contributed by atoms with Gasteiger partial charge in [0.2, 0.25) is 5.89 Å². The van der Waals surface area contributed by atoms with Crippen LogP contribution in [0.25, 0.3) is 11.0 Å². The fraction of sp³-hybridized carbons (Fsp3) is 0.303. The van der Waals surface area contributed by atoms with Gasteiger partial charge in [0.05, 0.1) is 42.0 Å². The van der Waals surface area contributed by atoms with Gasteiger partial charge in [-0.1, -0.05) is 23.7 Å². The molecule has 0 saturated carbocycles. The lowest BCUT2D eigenvalue weighted by Crippen LogP contribution is -2.34. The van der Waals surface area contributed by atoms with Crippen LogP contribution in [0.15, 0.2) is 71.5 Å². The van der Waals surface area contributed by atoms with Crippen LogP contribution in [0.1, 0.15) is 58.9 Å². The number of hydrogen-bond acceptors (Lipinski definition) is 8. The largest absolute Gasteiger partial charge is 0.465 e. The summed E-state index contributed by atoms with van der Waals surface area (Å²) in [5.41, 5.74) is 3.41. The number of piperidine rings is 1. The molecule has 0 bridgehead atoms. The van der Waals surface area contributed by atoms with Crippen molar-refractivity contribution < 1.29 is 27.8 Å². The molecule has 0 spiro atoms. The molecule has 2 aromatic heterocycles. The summed E-state index contributed by atoms with van der Waals surface area (Å²) in [5, 5.41) is 0.317. The van der Waals surface area contributed by atoms with E-state index in [0.717, 1.165) is 48.4 Å². The Morgan fingerprint density at radius 1 is 1.11 bits per heavy atom. The summed E-state index contributed by atoms with van der Waals surface area (Å²) in [4.78, 5) is 23.8. The number of likely N-dealkylation sites (tertiary alicyclic amines) is 1. The second kappa shape index (κ2) is 11.3. The molecule has 226 valence electrons. The standard InChI is InChI=1S/C33H30ClFN4O5/c1-33(24-8-7-22(34)17-25(24)35)43-28-5-3-4-23(31(28)44-33)20-10-13-38(14-11-20)18-29-37-26-9-6-21(32(40)41-2)16-27(26)39(29)19-30-36-12-15-42-30/h3-9,12,15-17,20H,10-11,13-14,18-19H2,1-2H3. The number of carbonyl (C=O) groups excluding carboxylic acids is 1. The van der Waals surface area contributed by atoms with Gasteiger partial charge in [0.15, 0.2) is 11.5 Å². The van der Waals surface area contributed by atoms with Crippen molar-refractivity contribution in [1.82, 2.24) is 19.4 Å². The highest BCUT2D eigenvalue weighted by Gasteiger charge is 2.43. The molecule has 1 fully saturated rings. The summed E-state index contributed by atoms with van der Waals surface area (Å²) in [6.07, 6.45) is 4.96. The van der Waals surface area contributed by atoms with E-state index < -0.39 is 17.6 Å². The minimum Gasteiger partial charge on any atom is -0.465 e. The number of hydrogen-bond donors (Lipinski definition) is 0. The molecule has 11 heteroatoms. The molecule has 0 radical (unpaired) electrons. The second-order valence-corrected chi connectivity index (χ2v) is 11.7. The van der Waals surface area contributed by atoms with Crippen LogP contribution in [0.5, 0.6) is 11.5 Å². The van der Waals surface area contributed by atoms with Crippen LogP contribution in [-0.4, -0.2) is 45.6 Å². The molecule has 4 heterocycles. The Labute approximate surface area is 258 Å². The zero-order valence-corrected chi connectivity index (χ0v) is 25.0. The summed E-state index contributed by atoms with van der Waals surface area (Å²) in [6.45, 7) is 4.42. The Morgan fingerprint density at radius 3 is 2.70 bits per heavy atom. The molecule has 2 aliphatic heterocycles. The SMILES string of the molecule is COC(=O)c1ccc2nc(CN3CCC(c4cccc5c4OC(C)(c4ccc(Cl)cc4F)O5)CC3)n(Cc3ncco3)c2c1. The number of aromatic nitrogens is 3. The number of imidazole rings is 1. The van der Waals surface area contributed by atoms with Crippen molar-refractivity contribution in [3.63, 3.8) is 0 Å². The van der Waals surface area contributed by atoms with Crippen molar-refractivity contribution in [1.29, 1.82) is 0 Å². The average Bonchev–Trinajstić information content (AvgIpc) is 3.74. The molecule has 5 aromatic rings. The number of esters is 1. The highest BCUT2D eigenvalue weighted by Crippen LogP contribution is 2.49. The van der Waals surface area contributed by atoms with E-state index in [-0.39, 0.29) is 5.92 Å². The Hall–Kier alpha value is -4.41. The molecular formula is C33H30ClFN4O5. The molecule has 7 rings (SSSR count). The van der Waals surface area contributed by atoms with Gasteiger partial charge in [-0.05, 0) is 74.3 Å². The number of ether oxygens (including phenoxy) is 3. The van der Waals surface area contributed by atoms with Crippen LogP contribution in [0.3, 0.4) is 0 Å². The number of halogens is 2. The highest BCUT2D eigenvalue weighted by atomic mass is 35.5. The van der Waals surface area contributed by atoms with E-state index in [0.29, 0.717) is 46.6 Å². The first kappa shape index (κ1) is 28.4. The van der Waals surface area contributed by atoms with Crippen molar-refractivity contribution in [2.24, 2.45) is 0 Å². The zero-order valence-electron chi connectivity index (χ0n) is 24.3. The predicted octanol–water partition coefficient (Wildman–Crippen LogP) is 6.68. The third kappa shape index (κ3) is 5.18. The first-order valence-corrected chi connectivity index (χ1v) is 14.8. The van der Waals surface area contributed by atoms with Crippen LogP contribution >= 0.6 is 11.6 Å². The lowest BCUT2D eigenvalue weighted by Gasteiger charge is -2.32. The monoisotopic (exact) mass is 616 g/mol. The number of methoxy groups -OCH3 is 1. The minimum absolute atomic E-state index is 0.246. The Balaban J connectivity index is 1.09. The maximum Gasteiger partial charge on any atom is 0.337 e. The van der Waals surface area contributed by atoms with Gasteiger partial charge < -0.3 is 23.2 Å².